The number of rotatable bonds is 3. The van der Waals surface area contributed by atoms with Crippen LogP contribution in [0.5, 0.6) is 0 Å². The fourth-order valence-corrected chi connectivity index (χ4v) is 4.01. The van der Waals surface area contributed by atoms with Crippen molar-refractivity contribution < 1.29 is 18.0 Å². The Morgan fingerprint density at radius 2 is 1.82 bits per heavy atom. The molecule has 22 heavy (non-hydrogen) atoms. The van der Waals surface area contributed by atoms with E-state index in [2.05, 4.69) is 15.9 Å². The highest BCUT2D eigenvalue weighted by molar-refractivity contribution is 9.10. The van der Waals surface area contributed by atoms with Gasteiger partial charge in [-0.3, -0.25) is 4.79 Å². The Bertz CT molecular complexity index is 515. The van der Waals surface area contributed by atoms with Crippen LogP contribution >= 0.6 is 27.7 Å². The van der Waals surface area contributed by atoms with Crippen LogP contribution in [0.1, 0.15) is 24.4 Å². The first-order valence-electron chi connectivity index (χ1n) is 6.97. The van der Waals surface area contributed by atoms with Gasteiger partial charge in [0.1, 0.15) is 0 Å². The summed E-state index contributed by atoms with van der Waals surface area (Å²) in [6, 6.07) is 4.03. The average molecular weight is 396 g/mol. The van der Waals surface area contributed by atoms with Crippen LogP contribution in [0.15, 0.2) is 28.7 Å². The molecule has 1 atom stereocenters. The molecule has 0 aliphatic carbocycles. The van der Waals surface area contributed by atoms with Gasteiger partial charge in [0, 0.05) is 17.4 Å². The van der Waals surface area contributed by atoms with Gasteiger partial charge in [-0.05, 0) is 42.0 Å². The highest BCUT2D eigenvalue weighted by Gasteiger charge is 2.46. The lowest BCUT2D eigenvalue weighted by Gasteiger charge is -2.34. The number of thioether (sulfide) groups is 1. The summed E-state index contributed by atoms with van der Waals surface area (Å²) in [5, 5.41) is 0. The number of halogens is 4. The Balaban J connectivity index is 2.24. The van der Waals surface area contributed by atoms with Crippen molar-refractivity contribution >= 4 is 33.6 Å². The van der Waals surface area contributed by atoms with E-state index in [1.807, 2.05) is 0 Å². The number of carbonyl (C=O) groups is 1. The van der Waals surface area contributed by atoms with Crippen molar-refractivity contribution in [2.75, 3.05) is 18.6 Å². The molecule has 0 unspecified atom stereocenters. The molecule has 1 aromatic carbocycles. The summed E-state index contributed by atoms with van der Waals surface area (Å²) < 4.78 is 41.1. The second-order valence-electron chi connectivity index (χ2n) is 5.33. The molecule has 122 valence electrons. The van der Waals surface area contributed by atoms with Crippen molar-refractivity contribution in [3.8, 4) is 0 Å². The number of hydrogen-bond donors (Lipinski definition) is 0. The first-order chi connectivity index (χ1) is 10.3. The van der Waals surface area contributed by atoms with E-state index in [1.165, 1.54) is 19.2 Å². The van der Waals surface area contributed by atoms with E-state index < -0.39 is 18.1 Å². The highest BCUT2D eigenvalue weighted by Crippen LogP contribution is 2.39. The number of carbonyl (C=O) groups excluding carboxylic acids is 1. The van der Waals surface area contributed by atoms with Gasteiger partial charge in [-0.25, -0.2) is 0 Å². The Morgan fingerprint density at radius 1 is 1.27 bits per heavy atom. The average Bonchev–Trinajstić information content (AvgIpc) is 2.48. The summed E-state index contributed by atoms with van der Waals surface area (Å²) in [6.07, 6.45) is -3.20. The molecular formula is C15H17BrF3NOS. The smallest absolute Gasteiger partial charge is 0.330 e. The van der Waals surface area contributed by atoms with E-state index in [4.69, 9.17) is 0 Å². The molecule has 2 nitrogen and oxygen atoms in total. The van der Waals surface area contributed by atoms with Gasteiger partial charge >= 0.3 is 6.18 Å². The quantitative estimate of drug-likeness (QED) is 0.741. The molecule has 2 rings (SSSR count). The molecule has 1 fully saturated rings. The monoisotopic (exact) mass is 395 g/mol. The second-order valence-corrected chi connectivity index (χ2v) is 7.47. The fourth-order valence-electron chi connectivity index (χ4n) is 2.64. The van der Waals surface area contributed by atoms with Crippen molar-refractivity contribution in [3.63, 3.8) is 0 Å². The Hall–Kier alpha value is -0.690. The largest absolute Gasteiger partial charge is 0.413 e. The lowest BCUT2D eigenvalue weighted by molar-refractivity contribution is -0.190. The fraction of sp³-hybridized carbons (Fsp3) is 0.533. The third kappa shape index (κ3) is 4.19. The van der Waals surface area contributed by atoms with Crippen molar-refractivity contribution in [2.45, 2.75) is 25.1 Å². The van der Waals surface area contributed by atoms with Gasteiger partial charge in [0.05, 0.1) is 0 Å². The third-order valence-electron chi connectivity index (χ3n) is 3.80. The molecule has 7 heteroatoms. The van der Waals surface area contributed by atoms with E-state index in [9.17, 15) is 18.0 Å². The highest BCUT2D eigenvalue weighted by atomic mass is 79.9. The normalized spacial score (nSPS) is 18.0. The van der Waals surface area contributed by atoms with Crippen LogP contribution in [0.3, 0.4) is 0 Å². The van der Waals surface area contributed by atoms with Gasteiger partial charge < -0.3 is 4.90 Å². The number of nitrogens with zero attached hydrogens (tertiary/aromatic N) is 1. The summed E-state index contributed by atoms with van der Waals surface area (Å²) in [7, 11) is 1.25. The van der Waals surface area contributed by atoms with Gasteiger partial charge in [0.15, 0.2) is 6.04 Å². The van der Waals surface area contributed by atoms with E-state index in [-0.39, 0.29) is 11.5 Å². The van der Waals surface area contributed by atoms with E-state index >= 15 is 0 Å². The van der Waals surface area contributed by atoms with Crippen molar-refractivity contribution in [3.05, 3.63) is 34.3 Å². The minimum atomic E-state index is -4.50. The van der Waals surface area contributed by atoms with Crippen LogP contribution in [0.4, 0.5) is 13.2 Å². The molecule has 1 aliphatic heterocycles. The molecule has 1 amide bonds. The van der Waals surface area contributed by atoms with Crippen LogP contribution in [0.2, 0.25) is 0 Å². The Kier molecular flexibility index (Phi) is 5.82. The van der Waals surface area contributed by atoms with Gasteiger partial charge in [-0.15, -0.1) is 0 Å². The molecule has 0 N–H and O–H groups in total. The molecule has 0 saturated carbocycles. The topological polar surface area (TPSA) is 20.3 Å². The molecule has 1 saturated heterocycles. The summed E-state index contributed by atoms with van der Waals surface area (Å²) in [6.45, 7) is 0. The molecule has 1 aliphatic rings. The first-order valence-corrected chi connectivity index (χ1v) is 8.92. The molecule has 0 bridgehead atoms. The summed E-state index contributed by atoms with van der Waals surface area (Å²) in [5.74, 6) is 0.954. The number of alkyl halides is 3. The molecule has 1 aromatic rings. The Labute approximate surface area is 140 Å². The van der Waals surface area contributed by atoms with Gasteiger partial charge in [-0.2, -0.15) is 24.9 Å². The zero-order chi connectivity index (χ0) is 16.3. The van der Waals surface area contributed by atoms with Gasteiger partial charge in [-0.1, -0.05) is 28.1 Å². The van der Waals surface area contributed by atoms with E-state index in [0.29, 0.717) is 17.3 Å². The SMILES string of the molecule is CN(C(=O)C1CCSCC1)[C@H](c1ccc(Br)cc1)C(F)(F)F. The maximum atomic E-state index is 13.5. The minimum Gasteiger partial charge on any atom is -0.330 e. The molecule has 0 radical (unpaired) electrons. The predicted octanol–water partition coefficient (Wildman–Crippen LogP) is 4.65. The number of hydrogen-bond acceptors (Lipinski definition) is 2. The molecule has 1 heterocycles. The maximum Gasteiger partial charge on any atom is 0.413 e. The van der Waals surface area contributed by atoms with Crippen LogP contribution in [0.25, 0.3) is 0 Å². The summed E-state index contributed by atoms with van der Waals surface area (Å²) >= 11 is 4.95. The van der Waals surface area contributed by atoms with Gasteiger partial charge in [0.2, 0.25) is 5.91 Å². The summed E-state index contributed by atoms with van der Waals surface area (Å²) in [5.41, 5.74) is 0.0803. The van der Waals surface area contributed by atoms with Crippen molar-refractivity contribution in [2.24, 2.45) is 5.92 Å². The molecule has 0 spiro atoms. The lowest BCUT2D eigenvalue weighted by atomic mass is 9.98. The van der Waals surface area contributed by atoms with Gasteiger partial charge in [0.25, 0.3) is 0 Å². The maximum absolute atomic E-state index is 13.5. The van der Waals surface area contributed by atoms with Crippen LogP contribution in [0, 0.1) is 5.92 Å². The molecule has 0 aromatic heterocycles. The van der Waals surface area contributed by atoms with Crippen LogP contribution in [-0.4, -0.2) is 35.5 Å². The lowest BCUT2D eigenvalue weighted by Crippen LogP contribution is -2.43. The minimum absolute atomic E-state index is 0.0803. The van der Waals surface area contributed by atoms with Crippen LogP contribution < -0.4 is 0 Å². The van der Waals surface area contributed by atoms with Crippen molar-refractivity contribution in [1.29, 1.82) is 0 Å². The zero-order valence-corrected chi connectivity index (χ0v) is 14.5. The standard InChI is InChI=1S/C15H17BrF3NOS/c1-20(14(21)11-6-8-22-9-7-11)13(15(17,18)19)10-2-4-12(16)5-3-10/h2-5,11,13H,6-9H2,1H3/t13-/m1/s1. The predicted molar refractivity (Wildman–Crippen MR) is 85.8 cm³/mol. The molecular weight excluding hydrogens is 379 g/mol. The number of amides is 1. The van der Waals surface area contributed by atoms with E-state index in [0.717, 1.165) is 16.4 Å². The van der Waals surface area contributed by atoms with Crippen LogP contribution in [-0.2, 0) is 4.79 Å². The third-order valence-corrected chi connectivity index (χ3v) is 5.38. The summed E-state index contributed by atoms with van der Waals surface area (Å²) in [4.78, 5) is 13.3. The van der Waals surface area contributed by atoms with Crippen molar-refractivity contribution in [1.82, 2.24) is 4.90 Å². The Morgan fingerprint density at radius 3 is 2.32 bits per heavy atom. The first kappa shape index (κ1) is 17.7. The second kappa shape index (κ2) is 7.25. The van der Waals surface area contributed by atoms with E-state index in [1.54, 1.807) is 23.9 Å². The number of benzene rings is 1. The zero-order valence-electron chi connectivity index (χ0n) is 12.1.